The van der Waals surface area contributed by atoms with E-state index in [4.69, 9.17) is 0 Å². The first kappa shape index (κ1) is 17.6. The average molecular weight is 326 g/mol. The molecule has 126 valence electrons. The Morgan fingerprint density at radius 3 is 2.29 bits per heavy atom. The van der Waals surface area contributed by atoms with Crippen LogP contribution >= 0.6 is 0 Å². The molecule has 6 nitrogen and oxygen atoms in total. The molecule has 0 aliphatic carbocycles. The summed E-state index contributed by atoms with van der Waals surface area (Å²) in [7, 11) is 0. The van der Waals surface area contributed by atoms with Gasteiger partial charge in [0.1, 0.15) is 0 Å². The third-order valence-corrected chi connectivity index (χ3v) is 3.81. The molecule has 0 fully saturated rings. The fourth-order valence-corrected chi connectivity index (χ4v) is 2.32. The zero-order valence-electron chi connectivity index (χ0n) is 14.2. The van der Waals surface area contributed by atoms with Crippen LogP contribution in [0.25, 0.3) is 0 Å². The van der Waals surface area contributed by atoms with Gasteiger partial charge in [0.25, 0.3) is 0 Å². The second kappa shape index (κ2) is 8.19. The van der Waals surface area contributed by atoms with Crippen molar-refractivity contribution in [2.75, 3.05) is 10.6 Å². The molecule has 0 unspecified atom stereocenters. The van der Waals surface area contributed by atoms with Crippen LogP contribution in [0.4, 0.5) is 17.3 Å². The first-order valence-electron chi connectivity index (χ1n) is 8.06. The summed E-state index contributed by atoms with van der Waals surface area (Å²) in [6.45, 7) is 5.50. The molecule has 2 N–H and O–H groups in total. The van der Waals surface area contributed by atoms with Crippen molar-refractivity contribution in [3.63, 3.8) is 0 Å². The van der Waals surface area contributed by atoms with Gasteiger partial charge in [0.2, 0.25) is 5.91 Å². The molecular formula is C18H22N4O2. The van der Waals surface area contributed by atoms with Gasteiger partial charge in [-0.3, -0.25) is 9.59 Å². The molecule has 24 heavy (non-hydrogen) atoms. The quantitative estimate of drug-likeness (QED) is 0.756. The number of aromatic nitrogens is 2. The van der Waals surface area contributed by atoms with E-state index in [1.165, 1.54) is 6.92 Å². The van der Waals surface area contributed by atoms with Gasteiger partial charge in [-0.1, -0.05) is 26.0 Å². The summed E-state index contributed by atoms with van der Waals surface area (Å²) in [5.74, 6) is 0.915. The molecule has 1 aromatic carbocycles. The van der Waals surface area contributed by atoms with E-state index >= 15 is 0 Å². The molecule has 0 spiro atoms. The van der Waals surface area contributed by atoms with Crippen molar-refractivity contribution < 1.29 is 9.59 Å². The molecule has 2 rings (SSSR count). The fraction of sp³-hybridized carbons (Fsp3) is 0.333. The first-order valence-corrected chi connectivity index (χ1v) is 8.06. The van der Waals surface area contributed by atoms with E-state index in [0.717, 1.165) is 18.5 Å². The molecule has 2 aromatic rings. The number of ketones is 1. The van der Waals surface area contributed by atoms with Crippen LogP contribution in [0.15, 0.2) is 36.4 Å². The molecule has 0 aliphatic heterocycles. The lowest BCUT2D eigenvalue weighted by molar-refractivity contribution is -0.120. The summed E-state index contributed by atoms with van der Waals surface area (Å²) < 4.78 is 0. The number of nitrogens with one attached hydrogen (secondary N) is 2. The molecule has 0 radical (unpaired) electrons. The Labute approximate surface area is 141 Å². The third-order valence-electron chi connectivity index (χ3n) is 3.81. The summed E-state index contributed by atoms with van der Waals surface area (Å²) in [5.41, 5.74) is 1.38. The largest absolute Gasteiger partial charge is 0.339 e. The molecule has 1 amide bonds. The van der Waals surface area contributed by atoms with Gasteiger partial charge >= 0.3 is 0 Å². The predicted molar refractivity (Wildman–Crippen MR) is 94.5 cm³/mol. The van der Waals surface area contributed by atoms with Crippen molar-refractivity contribution in [2.24, 2.45) is 5.92 Å². The molecular weight excluding hydrogens is 304 g/mol. The lowest BCUT2D eigenvalue weighted by Gasteiger charge is -2.12. The monoisotopic (exact) mass is 326 g/mol. The van der Waals surface area contributed by atoms with Crippen LogP contribution in [0, 0.1) is 5.92 Å². The van der Waals surface area contributed by atoms with E-state index in [2.05, 4.69) is 20.8 Å². The molecule has 6 heteroatoms. The Kier molecular flexibility index (Phi) is 6.01. The minimum atomic E-state index is -0.0378. The predicted octanol–water partition coefficient (Wildman–Crippen LogP) is 3.80. The molecule has 0 aliphatic rings. The van der Waals surface area contributed by atoms with Gasteiger partial charge in [-0.05, 0) is 44.0 Å². The highest BCUT2D eigenvalue weighted by molar-refractivity contribution is 5.95. The topological polar surface area (TPSA) is 84.0 Å². The highest BCUT2D eigenvalue weighted by Crippen LogP contribution is 2.17. The Balaban J connectivity index is 2.03. The van der Waals surface area contributed by atoms with Crippen LogP contribution in [0.3, 0.4) is 0 Å². The van der Waals surface area contributed by atoms with Gasteiger partial charge < -0.3 is 10.6 Å². The van der Waals surface area contributed by atoms with Gasteiger partial charge in [0, 0.05) is 17.2 Å². The Morgan fingerprint density at radius 2 is 1.71 bits per heavy atom. The number of nitrogens with zero attached hydrogens (tertiary/aromatic N) is 2. The van der Waals surface area contributed by atoms with E-state index in [0.29, 0.717) is 17.2 Å². The van der Waals surface area contributed by atoms with E-state index in [9.17, 15) is 9.59 Å². The molecule has 0 saturated carbocycles. The lowest BCUT2D eigenvalue weighted by atomic mass is 10.0. The van der Waals surface area contributed by atoms with E-state index in [-0.39, 0.29) is 17.6 Å². The summed E-state index contributed by atoms with van der Waals surface area (Å²) >= 11 is 0. The number of hydrogen-bond acceptors (Lipinski definition) is 5. The van der Waals surface area contributed by atoms with Crippen LogP contribution in [0.5, 0.6) is 0 Å². The van der Waals surface area contributed by atoms with Crippen LogP contribution in [-0.4, -0.2) is 21.9 Å². The van der Waals surface area contributed by atoms with Gasteiger partial charge in [0.05, 0.1) is 0 Å². The number of hydrogen-bond donors (Lipinski definition) is 2. The number of carbonyl (C=O) groups is 2. The van der Waals surface area contributed by atoms with Crippen molar-refractivity contribution in [1.29, 1.82) is 0 Å². The van der Waals surface area contributed by atoms with Gasteiger partial charge in [-0.15, -0.1) is 10.2 Å². The van der Waals surface area contributed by atoms with E-state index < -0.39 is 0 Å². The maximum absolute atomic E-state index is 12.0. The van der Waals surface area contributed by atoms with Crippen molar-refractivity contribution in [3.8, 4) is 0 Å². The molecule has 1 aromatic heterocycles. The van der Waals surface area contributed by atoms with Gasteiger partial charge in [0.15, 0.2) is 17.4 Å². The number of benzene rings is 1. The number of rotatable bonds is 7. The van der Waals surface area contributed by atoms with Crippen LogP contribution < -0.4 is 10.6 Å². The van der Waals surface area contributed by atoms with Gasteiger partial charge in [-0.2, -0.15) is 0 Å². The maximum Gasteiger partial charge on any atom is 0.228 e. The smallest absolute Gasteiger partial charge is 0.228 e. The zero-order chi connectivity index (χ0) is 17.5. The maximum atomic E-state index is 12.0. The number of amides is 1. The summed E-state index contributed by atoms with van der Waals surface area (Å²) in [4.78, 5) is 23.4. The highest BCUT2D eigenvalue weighted by Gasteiger charge is 2.14. The van der Waals surface area contributed by atoms with E-state index in [1.807, 2.05) is 19.9 Å². The highest BCUT2D eigenvalue weighted by atomic mass is 16.2. The number of Topliss-reactive ketones (excluding diaryl/α,β-unsaturated/α-hetero) is 1. The van der Waals surface area contributed by atoms with Crippen LogP contribution in [0.1, 0.15) is 44.0 Å². The SMILES string of the molecule is CCC(CC)C(=O)Nc1ccc(Nc2cccc(C(C)=O)c2)nn1. The molecule has 0 saturated heterocycles. The molecule has 0 atom stereocenters. The second-order valence-electron chi connectivity index (χ2n) is 5.57. The Hall–Kier alpha value is -2.76. The zero-order valence-corrected chi connectivity index (χ0v) is 14.2. The van der Waals surface area contributed by atoms with Gasteiger partial charge in [-0.25, -0.2) is 0 Å². The van der Waals surface area contributed by atoms with Crippen LogP contribution in [-0.2, 0) is 4.79 Å². The average Bonchev–Trinajstić information content (AvgIpc) is 2.58. The van der Waals surface area contributed by atoms with Crippen molar-refractivity contribution >= 4 is 29.0 Å². The first-order chi connectivity index (χ1) is 11.5. The fourth-order valence-electron chi connectivity index (χ4n) is 2.32. The third kappa shape index (κ3) is 4.62. The lowest BCUT2D eigenvalue weighted by Crippen LogP contribution is -2.22. The summed E-state index contributed by atoms with van der Waals surface area (Å²) in [6.07, 6.45) is 1.59. The molecule has 1 heterocycles. The van der Waals surface area contributed by atoms with Crippen LogP contribution in [0.2, 0.25) is 0 Å². The molecule has 0 bridgehead atoms. The van der Waals surface area contributed by atoms with Crippen molar-refractivity contribution in [1.82, 2.24) is 10.2 Å². The Morgan fingerprint density at radius 1 is 1.04 bits per heavy atom. The standard InChI is InChI=1S/C18H22N4O2/c1-4-13(5-2)18(24)20-17-10-9-16(21-22-17)19-15-8-6-7-14(11-15)12(3)23/h6-11,13H,4-5H2,1-3H3,(H,19,21)(H,20,22,24). The normalized spacial score (nSPS) is 10.5. The second-order valence-corrected chi connectivity index (χ2v) is 5.57. The van der Waals surface area contributed by atoms with Crippen molar-refractivity contribution in [3.05, 3.63) is 42.0 Å². The summed E-state index contributed by atoms with van der Waals surface area (Å²) in [5, 5.41) is 13.9. The summed E-state index contributed by atoms with van der Waals surface area (Å²) in [6, 6.07) is 10.6. The van der Waals surface area contributed by atoms with E-state index in [1.54, 1.807) is 30.3 Å². The number of carbonyl (C=O) groups excluding carboxylic acids is 2. The minimum absolute atomic E-state index is 0.00389. The Bertz CT molecular complexity index is 709. The minimum Gasteiger partial charge on any atom is -0.339 e. The number of anilines is 3. The van der Waals surface area contributed by atoms with Crippen molar-refractivity contribution in [2.45, 2.75) is 33.6 Å².